The van der Waals surface area contributed by atoms with E-state index in [2.05, 4.69) is 25.6 Å². The molecular weight excluding hydrogens is 408 g/mol. The summed E-state index contributed by atoms with van der Waals surface area (Å²) in [7, 11) is -2.09. The summed E-state index contributed by atoms with van der Waals surface area (Å²) in [5.41, 5.74) is 0. The minimum Gasteiger partial charge on any atom is -0.496 e. The fraction of sp³-hybridized carbons (Fsp3) is 0.412. The van der Waals surface area contributed by atoms with Gasteiger partial charge in [0, 0.05) is 6.54 Å². The maximum Gasteiger partial charge on any atom is 0.240 e. The van der Waals surface area contributed by atoms with Crippen LogP contribution >= 0.6 is 15.9 Å². The summed E-state index contributed by atoms with van der Waals surface area (Å²) in [5.74, 6) is 1.37. The second kappa shape index (κ2) is 7.90. The van der Waals surface area contributed by atoms with E-state index < -0.39 is 10.0 Å². The summed E-state index contributed by atoms with van der Waals surface area (Å²) in [6.45, 7) is 2.15. The Morgan fingerprint density at radius 1 is 1.32 bits per heavy atom. The van der Waals surface area contributed by atoms with Crippen molar-refractivity contribution >= 4 is 26.0 Å². The van der Waals surface area contributed by atoms with Crippen LogP contribution in [-0.2, 0) is 10.0 Å². The molecule has 1 saturated heterocycles. The number of hydrogen-bond donors (Lipinski definition) is 1. The number of benzene rings is 1. The topological polar surface area (TPSA) is 71.8 Å². The quantitative estimate of drug-likeness (QED) is 0.732. The van der Waals surface area contributed by atoms with Gasteiger partial charge in [0.15, 0.2) is 0 Å². The van der Waals surface area contributed by atoms with Crippen LogP contribution in [0.3, 0.4) is 0 Å². The Hall–Kier alpha value is -1.35. The third-order valence-corrected chi connectivity index (χ3v) is 6.39. The van der Waals surface area contributed by atoms with Crippen molar-refractivity contribution in [3.8, 4) is 5.75 Å². The highest BCUT2D eigenvalue weighted by Crippen LogP contribution is 2.28. The Balaban J connectivity index is 1.76. The van der Waals surface area contributed by atoms with Gasteiger partial charge in [-0.05, 0) is 72.2 Å². The Kier molecular flexibility index (Phi) is 5.83. The van der Waals surface area contributed by atoms with E-state index in [1.54, 1.807) is 18.4 Å². The minimum atomic E-state index is -3.63. The molecule has 136 valence electrons. The van der Waals surface area contributed by atoms with Crippen molar-refractivity contribution in [3.63, 3.8) is 0 Å². The molecule has 2 heterocycles. The molecule has 0 saturated carbocycles. The zero-order chi connectivity index (χ0) is 17.9. The largest absolute Gasteiger partial charge is 0.496 e. The molecule has 8 heteroatoms. The zero-order valence-electron chi connectivity index (χ0n) is 13.9. The number of hydrogen-bond acceptors (Lipinski definition) is 5. The minimum absolute atomic E-state index is 0.103. The summed E-state index contributed by atoms with van der Waals surface area (Å²) in [6, 6.07) is 8.31. The molecule has 0 spiro atoms. The van der Waals surface area contributed by atoms with Crippen molar-refractivity contribution < 1.29 is 17.6 Å². The molecule has 0 radical (unpaired) electrons. The Morgan fingerprint density at radius 2 is 2.08 bits per heavy atom. The molecule has 1 aromatic heterocycles. The van der Waals surface area contributed by atoms with Crippen LogP contribution in [-0.4, -0.2) is 40.1 Å². The van der Waals surface area contributed by atoms with E-state index in [1.807, 2.05) is 12.1 Å². The first-order chi connectivity index (χ1) is 12.0. The molecule has 0 bridgehead atoms. The highest BCUT2D eigenvalue weighted by molar-refractivity contribution is 9.10. The number of furan rings is 1. The maximum absolute atomic E-state index is 12.7. The van der Waals surface area contributed by atoms with Crippen LogP contribution in [0.4, 0.5) is 0 Å². The summed E-state index contributed by atoms with van der Waals surface area (Å²) in [5, 5.41) is 0. The van der Waals surface area contributed by atoms with Crippen molar-refractivity contribution in [2.24, 2.45) is 0 Å². The number of methoxy groups -OCH3 is 1. The molecule has 3 rings (SSSR count). The summed E-state index contributed by atoms with van der Waals surface area (Å²) in [4.78, 5) is 2.45. The molecule has 1 aliphatic rings. The van der Waals surface area contributed by atoms with Crippen LogP contribution in [0.25, 0.3) is 0 Å². The van der Waals surface area contributed by atoms with Crippen molar-refractivity contribution in [2.45, 2.75) is 23.8 Å². The first kappa shape index (κ1) is 18.4. The molecule has 6 nitrogen and oxygen atoms in total. The lowest BCUT2D eigenvalue weighted by atomic mass is 10.2. The van der Waals surface area contributed by atoms with E-state index >= 15 is 0 Å². The van der Waals surface area contributed by atoms with Gasteiger partial charge in [-0.25, -0.2) is 13.1 Å². The second-order valence-electron chi connectivity index (χ2n) is 5.92. The van der Waals surface area contributed by atoms with Gasteiger partial charge >= 0.3 is 0 Å². The molecular formula is C17H21BrN2O4S. The highest BCUT2D eigenvalue weighted by Gasteiger charge is 2.27. The predicted molar refractivity (Wildman–Crippen MR) is 98.1 cm³/mol. The van der Waals surface area contributed by atoms with E-state index in [9.17, 15) is 8.42 Å². The Morgan fingerprint density at radius 3 is 2.68 bits per heavy atom. The van der Waals surface area contributed by atoms with Crippen molar-refractivity contribution in [3.05, 3.63) is 46.8 Å². The monoisotopic (exact) mass is 428 g/mol. The number of nitrogens with one attached hydrogen (secondary N) is 1. The van der Waals surface area contributed by atoms with Crippen LogP contribution in [0.5, 0.6) is 5.75 Å². The van der Waals surface area contributed by atoms with Gasteiger partial charge in [0.05, 0.1) is 28.8 Å². The number of sulfonamides is 1. The first-order valence-electron chi connectivity index (χ1n) is 8.12. The normalized spacial score (nSPS) is 16.9. The van der Waals surface area contributed by atoms with Crippen molar-refractivity contribution in [2.75, 3.05) is 26.7 Å². The van der Waals surface area contributed by atoms with Gasteiger partial charge in [0.25, 0.3) is 0 Å². The second-order valence-corrected chi connectivity index (χ2v) is 8.54. The van der Waals surface area contributed by atoms with Crippen LogP contribution in [0.1, 0.15) is 24.6 Å². The summed E-state index contributed by atoms with van der Waals surface area (Å²) in [6.07, 6.45) is 3.86. The molecule has 25 heavy (non-hydrogen) atoms. The SMILES string of the molecule is COc1ccc(S(=O)(=O)NCC(c2ccco2)N2CCCC2)cc1Br. The molecule has 1 aliphatic heterocycles. The van der Waals surface area contributed by atoms with Gasteiger partial charge in [-0.2, -0.15) is 0 Å². The smallest absolute Gasteiger partial charge is 0.240 e. The van der Waals surface area contributed by atoms with E-state index in [1.165, 1.54) is 13.2 Å². The summed E-state index contributed by atoms with van der Waals surface area (Å²) >= 11 is 3.32. The van der Waals surface area contributed by atoms with Gasteiger partial charge in [-0.1, -0.05) is 0 Å². The Labute approximate surface area is 156 Å². The van der Waals surface area contributed by atoms with Crippen LogP contribution < -0.4 is 9.46 Å². The van der Waals surface area contributed by atoms with Crippen molar-refractivity contribution in [1.29, 1.82) is 0 Å². The molecule has 1 unspecified atom stereocenters. The van der Waals surface area contributed by atoms with Gasteiger partial charge in [0.2, 0.25) is 10.0 Å². The number of nitrogens with zero attached hydrogens (tertiary/aromatic N) is 1. The van der Waals surface area contributed by atoms with E-state index in [0.29, 0.717) is 10.2 Å². The van der Waals surface area contributed by atoms with E-state index in [4.69, 9.17) is 9.15 Å². The predicted octanol–water partition coefficient (Wildman–Crippen LogP) is 3.17. The highest BCUT2D eigenvalue weighted by atomic mass is 79.9. The number of halogens is 1. The van der Waals surface area contributed by atoms with E-state index in [-0.39, 0.29) is 17.5 Å². The number of rotatable bonds is 7. The third-order valence-electron chi connectivity index (χ3n) is 4.35. The number of ether oxygens (including phenoxy) is 1. The molecule has 2 aromatic rings. The first-order valence-corrected chi connectivity index (χ1v) is 10.4. The molecule has 0 amide bonds. The molecule has 1 N–H and O–H groups in total. The lowest BCUT2D eigenvalue weighted by Crippen LogP contribution is -2.36. The summed E-state index contributed by atoms with van der Waals surface area (Å²) < 4.78 is 39.3. The average molecular weight is 429 g/mol. The fourth-order valence-corrected chi connectivity index (χ4v) is 4.79. The lowest BCUT2D eigenvalue weighted by Gasteiger charge is -2.26. The maximum atomic E-state index is 12.7. The average Bonchev–Trinajstić information content (AvgIpc) is 3.29. The number of likely N-dealkylation sites (tertiary alicyclic amines) is 1. The molecule has 1 fully saturated rings. The van der Waals surface area contributed by atoms with Crippen LogP contribution in [0.2, 0.25) is 0 Å². The molecule has 0 aliphatic carbocycles. The van der Waals surface area contributed by atoms with E-state index in [0.717, 1.165) is 31.7 Å². The molecule has 1 atom stereocenters. The van der Waals surface area contributed by atoms with Crippen LogP contribution in [0.15, 0.2) is 50.4 Å². The Bertz CT molecular complexity index is 802. The fourth-order valence-electron chi connectivity index (χ4n) is 3.03. The van der Waals surface area contributed by atoms with Crippen LogP contribution in [0, 0.1) is 0 Å². The van der Waals surface area contributed by atoms with Crippen molar-refractivity contribution in [1.82, 2.24) is 9.62 Å². The van der Waals surface area contributed by atoms with Gasteiger partial charge in [0.1, 0.15) is 11.5 Å². The zero-order valence-corrected chi connectivity index (χ0v) is 16.3. The van der Waals surface area contributed by atoms with Gasteiger partial charge in [-0.3, -0.25) is 4.90 Å². The third kappa shape index (κ3) is 4.25. The standard InChI is InChI=1S/C17H21BrN2O4S/c1-23-16-7-6-13(11-14(16)18)25(21,22)19-12-15(17-5-4-10-24-17)20-8-2-3-9-20/h4-7,10-11,15,19H,2-3,8-9,12H2,1H3. The molecule has 1 aromatic carbocycles. The van der Waals surface area contributed by atoms with Gasteiger partial charge < -0.3 is 9.15 Å². The van der Waals surface area contributed by atoms with Gasteiger partial charge in [-0.15, -0.1) is 0 Å². The lowest BCUT2D eigenvalue weighted by molar-refractivity contribution is 0.216.